The van der Waals surface area contributed by atoms with Crippen LogP contribution in [-0.2, 0) is 0 Å². The number of benzene rings is 4. The molecule has 0 amide bonds. The fraction of sp³-hybridized carbons (Fsp3) is 0.361. The van der Waals surface area contributed by atoms with E-state index in [-0.39, 0.29) is 46.7 Å². The van der Waals surface area contributed by atoms with Crippen LogP contribution in [-0.4, -0.2) is 112 Å². The Morgan fingerprint density at radius 3 is 0.966 bits per heavy atom. The molecule has 4 saturated heterocycles. The van der Waals surface area contributed by atoms with Gasteiger partial charge in [0.05, 0.1) is 35.7 Å². The van der Waals surface area contributed by atoms with E-state index in [1.807, 2.05) is 43.0 Å². The highest BCUT2D eigenvalue weighted by Gasteiger charge is 2.40. The predicted octanol–water partition coefficient (Wildman–Crippen LogP) is 18.8. The van der Waals surface area contributed by atoms with Crippen molar-refractivity contribution in [1.29, 1.82) is 0 Å². The van der Waals surface area contributed by atoms with Crippen molar-refractivity contribution in [2.75, 3.05) is 67.0 Å². The van der Waals surface area contributed by atoms with Crippen molar-refractivity contribution in [3.63, 3.8) is 0 Å². The zero-order chi connectivity index (χ0) is 82.1. The van der Waals surface area contributed by atoms with Crippen molar-refractivity contribution >= 4 is 81.2 Å². The lowest BCUT2D eigenvalue weighted by Crippen LogP contribution is -2.25. The van der Waals surface area contributed by atoms with Crippen LogP contribution >= 0.6 is 0 Å². The molecule has 12 heterocycles. The summed E-state index contributed by atoms with van der Waals surface area (Å²) in [6, 6.07) is 21.2. The van der Waals surface area contributed by atoms with Gasteiger partial charge in [0, 0.05) is 155 Å². The molecule has 0 radical (unpaired) electrons. The molecule has 4 aromatic carbocycles. The van der Waals surface area contributed by atoms with Crippen molar-refractivity contribution in [2.24, 2.45) is 0 Å². The van der Waals surface area contributed by atoms with Gasteiger partial charge in [-0.15, -0.1) is 0 Å². The van der Waals surface area contributed by atoms with Crippen LogP contribution in [0.1, 0.15) is 207 Å². The average molecular weight is 1630 g/mol. The molecule has 4 atom stereocenters. The first kappa shape index (κ1) is 78.3. The van der Waals surface area contributed by atoms with Crippen molar-refractivity contribution in [1.82, 2.24) is 80.7 Å². The van der Waals surface area contributed by atoms with Gasteiger partial charge in [0.2, 0.25) is 11.6 Å². The molecule has 8 aliphatic rings. The van der Waals surface area contributed by atoms with E-state index in [0.29, 0.717) is 108 Å². The number of anilines is 12. The predicted molar refractivity (Wildman–Crippen MR) is 429 cm³/mol. The van der Waals surface area contributed by atoms with Gasteiger partial charge in [-0.1, -0.05) is 24.3 Å². The molecular formula is C83H82F8N26O2. The minimum absolute atomic E-state index is 0.00840. The number of H-pyrrole nitrogens is 4. The number of nitrogens with zero attached hydrogens (tertiary/aromatic N) is 18. The van der Waals surface area contributed by atoms with Gasteiger partial charge in [0.1, 0.15) is 107 Å². The Bertz CT molecular complexity index is 5590. The molecule has 119 heavy (non-hydrogen) atoms. The molecule has 28 nitrogen and oxygen atoms in total. The standard InChI is InChI=1S/C21H19F2N7.2C21H22F2N6.C20H19F2N7O2/c1-24-19-20(27-18-10-16(28-29-18)12-4-5-12)25-11-26-21(19)30-8-2-3-17(30)14-7-6-13(22)9-15(14)23;2*1-12-20(26-19-10-17(27-28-19)13-4-5-13)24-11-25-21(12)29-8-2-3-18(29)15-7-6-14(22)9-16(15)23;21-12-5-6-13(14(22)8-12)16-2-1-7-28(16)20-18(29(30)31)19(23-10-24-20)25-17-9-15(26-27-17)11-3-4-11/h6-7,9-12,17H,2-5,8H2,(H2,25,26,27,28,29);2*6-7,9-11,13,18H,2-5,8H2,1H3,(H2,24,25,26,27,28);5-6,8-11,16H,1-4,7H2,(H2,23,24,25,26,27). The largest absolute Gasteiger partial charge is 0.358 e. The molecule has 8 fully saturated rings. The van der Waals surface area contributed by atoms with E-state index in [4.69, 9.17) is 6.57 Å². The Morgan fingerprint density at radius 2 is 0.655 bits per heavy atom. The van der Waals surface area contributed by atoms with Crippen molar-refractivity contribution in [3.8, 4) is 0 Å². The monoisotopic (exact) mass is 1630 g/mol. The Kier molecular flexibility index (Phi) is 22.2. The normalized spacial score (nSPS) is 18.7. The van der Waals surface area contributed by atoms with Gasteiger partial charge >= 0.3 is 5.69 Å². The highest BCUT2D eigenvalue weighted by atomic mass is 19.2. The Balaban J connectivity index is 0.000000113. The van der Waals surface area contributed by atoms with Crippen LogP contribution in [0.15, 0.2) is 122 Å². The fourth-order valence-electron chi connectivity index (χ4n) is 16.3. The molecule has 4 unspecified atom stereocenters. The number of nitrogens with one attached hydrogen (secondary N) is 8. The molecule has 20 rings (SSSR count). The van der Waals surface area contributed by atoms with Crippen LogP contribution < -0.4 is 40.9 Å². The summed E-state index contributed by atoms with van der Waals surface area (Å²) < 4.78 is 111. The van der Waals surface area contributed by atoms with Crippen molar-refractivity contribution in [2.45, 2.75) is 164 Å². The highest BCUT2D eigenvalue weighted by molar-refractivity contribution is 5.81. The summed E-state index contributed by atoms with van der Waals surface area (Å²) in [7, 11) is 0. The first-order valence-corrected chi connectivity index (χ1v) is 39.9. The summed E-state index contributed by atoms with van der Waals surface area (Å²) in [5.41, 5.74) is 7.70. The minimum atomic E-state index is -0.684. The Morgan fingerprint density at radius 1 is 0.378 bits per heavy atom. The molecular weight excluding hydrogens is 1550 g/mol. The van der Waals surface area contributed by atoms with E-state index in [2.05, 4.69) is 117 Å². The molecule has 12 aromatic rings. The lowest BCUT2D eigenvalue weighted by atomic mass is 10.0. The van der Waals surface area contributed by atoms with Crippen molar-refractivity contribution < 1.29 is 40.0 Å². The maximum absolute atomic E-state index is 14.4. The molecule has 8 aromatic heterocycles. The molecule has 612 valence electrons. The topological polar surface area (TPSA) is 326 Å². The Labute approximate surface area is 677 Å². The van der Waals surface area contributed by atoms with Crippen LogP contribution in [0.25, 0.3) is 4.85 Å². The molecule has 0 spiro atoms. The van der Waals surface area contributed by atoms with Crippen LogP contribution in [0.4, 0.5) is 116 Å². The second-order valence-corrected chi connectivity index (χ2v) is 31.0. The summed E-state index contributed by atoms with van der Waals surface area (Å²) in [6.45, 7) is 14.2. The number of nitro groups is 1. The lowest BCUT2D eigenvalue weighted by Gasteiger charge is -2.28. The maximum atomic E-state index is 14.4. The number of aromatic nitrogens is 16. The quantitative estimate of drug-likeness (QED) is 0.0143. The van der Waals surface area contributed by atoms with Crippen LogP contribution in [0.5, 0.6) is 0 Å². The van der Waals surface area contributed by atoms with E-state index in [0.717, 1.165) is 152 Å². The smallest absolute Gasteiger partial charge is 0.353 e. The summed E-state index contributed by atoms with van der Waals surface area (Å²) >= 11 is 0. The summed E-state index contributed by atoms with van der Waals surface area (Å²) in [6.07, 6.45) is 21.1. The first-order chi connectivity index (χ1) is 57.8. The molecule has 8 N–H and O–H groups in total. The van der Waals surface area contributed by atoms with Gasteiger partial charge in [-0.25, -0.2) is 79.8 Å². The SMILES string of the molecule is Cc1c(Nc2cc(C3CC3)[nH]n2)ncnc1N1CCCC1c1ccc(F)cc1F.Cc1c(Nc2cc(C3CC3)[nH]n2)ncnc1N1CCCC1c1ccc(F)cc1F.O=[N+]([O-])c1c(Nc2cc(C3CC3)[nH]n2)ncnc1N1CCCC1c1ccc(F)cc1F.[C-]#[N+]c1c(Nc2cc(C3CC3)[nH]n2)ncnc1N1CCCC1c1ccc(F)cc1F. The van der Waals surface area contributed by atoms with Gasteiger partial charge in [0.15, 0.2) is 23.3 Å². The van der Waals surface area contributed by atoms with Gasteiger partial charge in [-0.2, -0.15) is 20.4 Å². The third kappa shape index (κ3) is 17.3. The molecule has 36 heteroatoms. The summed E-state index contributed by atoms with van der Waals surface area (Å²) in [5.74, 6) is 3.67. The van der Waals surface area contributed by atoms with E-state index in [9.17, 15) is 45.2 Å². The number of halogens is 8. The van der Waals surface area contributed by atoms with E-state index < -0.39 is 57.5 Å². The molecule has 4 saturated carbocycles. The van der Waals surface area contributed by atoms with Gasteiger partial charge in [-0.3, -0.25) is 30.5 Å². The minimum Gasteiger partial charge on any atom is -0.358 e. The average Bonchev–Trinajstić information content (AvgIpc) is 1.72. The number of hydrogen-bond donors (Lipinski definition) is 8. The van der Waals surface area contributed by atoms with E-state index in [1.54, 1.807) is 4.90 Å². The van der Waals surface area contributed by atoms with Crippen LogP contribution in [0.3, 0.4) is 0 Å². The Hall–Kier alpha value is -13.2. The van der Waals surface area contributed by atoms with Crippen LogP contribution in [0.2, 0.25) is 0 Å². The van der Waals surface area contributed by atoms with Gasteiger partial charge < -0.3 is 40.9 Å². The third-order valence-electron chi connectivity index (χ3n) is 22.8. The lowest BCUT2D eigenvalue weighted by molar-refractivity contribution is -0.383. The second-order valence-electron chi connectivity index (χ2n) is 31.0. The van der Waals surface area contributed by atoms with E-state index >= 15 is 0 Å². The molecule has 4 aliphatic heterocycles. The van der Waals surface area contributed by atoms with Crippen molar-refractivity contribution in [3.05, 3.63) is 247 Å². The summed E-state index contributed by atoms with van der Waals surface area (Å²) in [4.78, 5) is 57.3. The zero-order valence-corrected chi connectivity index (χ0v) is 64.7. The molecule has 0 bridgehead atoms. The van der Waals surface area contributed by atoms with E-state index in [1.165, 1.54) is 99.5 Å². The zero-order valence-electron chi connectivity index (χ0n) is 64.7. The number of aromatic amines is 4. The summed E-state index contributed by atoms with van der Waals surface area (Å²) in [5, 5.41) is 53.7. The maximum Gasteiger partial charge on any atom is 0.353 e. The van der Waals surface area contributed by atoms with Gasteiger partial charge in [-0.05, 0) is 141 Å². The number of hydrogen-bond acceptors (Lipinski definition) is 22. The molecule has 4 aliphatic carbocycles. The number of rotatable bonds is 21. The third-order valence-corrected chi connectivity index (χ3v) is 22.8. The second kappa shape index (κ2) is 33.8. The van der Waals surface area contributed by atoms with Gasteiger partial charge in [0.25, 0.3) is 5.69 Å². The fourth-order valence-corrected chi connectivity index (χ4v) is 16.3. The first-order valence-electron chi connectivity index (χ1n) is 39.9. The highest BCUT2D eigenvalue weighted by Crippen LogP contribution is 2.49. The van der Waals surface area contributed by atoms with Crippen LogP contribution in [0, 0.1) is 77.1 Å².